The highest BCUT2D eigenvalue weighted by Crippen LogP contribution is 2.15. The van der Waals surface area contributed by atoms with Crippen LogP contribution in [0, 0.1) is 11.7 Å². The molecule has 1 unspecified atom stereocenters. The highest BCUT2D eigenvalue weighted by Gasteiger charge is 2.26. The molecule has 0 heterocycles. The third kappa shape index (κ3) is 5.92. The quantitative estimate of drug-likeness (QED) is 0.657. The van der Waals surface area contributed by atoms with E-state index in [1.807, 2.05) is 6.92 Å². The summed E-state index contributed by atoms with van der Waals surface area (Å²) in [5.74, 6) is -3.75. The largest absolute Gasteiger partial charge is 0.480 e. The van der Waals surface area contributed by atoms with E-state index in [9.17, 15) is 22.4 Å². The van der Waals surface area contributed by atoms with Crippen molar-refractivity contribution in [2.24, 2.45) is 5.92 Å². The number of amides is 1. The maximum absolute atomic E-state index is 12.9. The van der Waals surface area contributed by atoms with Crippen molar-refractivity contribution in [3.63, 3.8) is 0 Å². The predicted octanol–water partition coefficient (Wildman–Crippen LogP) is 2.00. The van der Waals surface area contributed by atoms with Crippen molar-refractivity contribution in [2.45, 2.75) is 44.0 Å². The molecule has 0 saturated heterocycles. The van der Waals surface area contributed by atoms with E-state index in [4.69, 9.17) is 5.11 Å². The normalized spacial score (nSPS) is 14.0. The second-order valence-electron chi connectivity index (χ2n) is 5.68. The number of rotatable bonds is 9. The molecule has 1 aromatic rings. The van der Waals surface area contributed by atoms with Crippen molar-refractivity contribution < 1.29 is 27.5 Å². The monoisotopic (exact) mass is 359 g/mol. The number of carbonyl (C=O) groups excluding carboxylic acids is 1. The molecule has 1 amide bonds. The van der Waals surface area contributed by atoms with E-state index in [-0.39, 0.29) is 11.3 Å². The highest BCUT2D eigenvalue weighted by molar-refractivity contribution is 7.91. The molecule has 134 valence electrons. The first-order valence-electron chi connectivity index (χ1n) is 7.69. The van der Waals surface area contributed by atoms with Crippen LogP contribution in [-0.2, 0) is 19.4 Å². The number of hydrogen-bond acceptors (Lipinski definition) is 4. The first-order valence-corrected chi connectivity index (χ1v) is 9.34. The van der Waals surface area contributed by atoms with E-state index >= 15 is 0 Å². The number of carboxylic acids is 1. The molecular formula is C16H22FNO5S. The molecule has 6 nitrogen and oxygen atoms in total. The average molecular weight is 359 g/mol. The van der Waals surface area contributed by atoms with Gasteiger partial charge in [-0.1, -0.05) is 26.7 Å². The zero-order valence-corrected chi connectivity index (χ0v) is 14.5. The molecule has 2 N–H and O–H groups in total. The number of carboxylic acid groups (broad SMARTS) is 1. The van der Waals surface area contributed by atoms with Crippen molar-refractivity contribution in [1.29, 1.82) is 0 Å². The van der Waals surface area contributed by atoms with Crippen LogP contribution in [0.15, 0.2) is 29.2 Å². The lowest BCUT2D eigenvalue weighted by Crippen LogP contribution is -2.44. The third-order valence-corrected chi connectivity index (χ3v) is 5.48. The van der Waals surface area contributed by atoms with Crippen molar-refractivity contribution >= 4 is 21.7 Å². The van der Waals surface area contributed by atoms with Gasteiger partial charge < -0.3 is 10.4 Å². The van der Waals surface area contributed by atoms with Crippen LogP contribution >= 0.6 is 0 Å². The molecular weight excluding hydrogens is 337 g/mol. The lowest BCUT2D eigenvalue weighted by molar-refractivity contribution is -0.142. The summed E-state index contributed by atoms with van der Waals surface area (Å²) in [6, 6.07) is 3.30. The van der Waals surface area contributed by atoms with Crippen molar-refractivity contribution in [2.75, 3.05) is 5.75 Å². The average Bonchev–Trinajstić information content (AvgIpc) is 2.50. The number of halogens is 1. The van der Waals surface area contributed by atoms with Crippen LogP contribution in [0.25, 0.3) is 0 Å². The number of aliphatic carboxylic acids is 1. The number of hydrogen-bond donors (Lipinski definition) is 2. The number of sulfone groups is 1. The lowest BCUT2D eigenvalue weighted by Gasteiger charge is -2.17. The maximum Gasteiger partial charge on any atom is 0.326 e. The smallest absolute Gasteiger partial charge is 0.326 e. The van der Waals surface area contributed by atoms with Gasteiger partial charge in [-0.25, -0.2) is 17.6 Å². The Morgan fingerprint density at radius 1 is 1.25 bits per heavy atom. The third-order valence-electron chi connectivity index (χ3n) is 3.55. The van der Waals surface area contributed by atoms with Gasteiger partial charge in [-0.3, -0.25) is 4.79 Å². The molecule has 0 radical (unpaired) electrons. The first kappa shape index (κ1) is 20.1. The van der Waals surface area contributed by atoms with Crippen LogP contribution in [0.3, 0.4) is 0 Å². The van der Waals surface area contributed by atoms with Gasteiger partial charge in [0.25, 0.3) is 0 Å². The molecule has 1 aromatic carbocycles. The van der Waals surface area contributed by atoms with Crippen LogP contribution in [0.1, 0.15) is 33.1 Å². The lowest BCUT2D eigenvalue weighted by atomic mass is 10.1. The second-order valence-corrected chi connectivity index (χ2v) is 7.71. The molecule has 0 fully saturated rings. The van der Waals surface area contributed by atoms with Crippen molar-refractivity contribution in [3.05, 3.63) is 30.1 Å². The van der Waals surface area contributed by atoms with Crippen LogP contribution < -0.4 is 5.32 Å². The van der Waals surface area contributed by atoms with Crippen LogP contribution in [0.4, 0.5) is 4.39 Å². The van der Waals surface area contributed by atoms with E-state index in [2.05, 4.69) is 5.32 Å². The number of benzene rings is 1. The minimum absolute atomic E-state index is 0.0793. The molecule has 8 heteroatoms. The molecule has 0 bridgehead atoms. The Labute approximate surface area is 141 Å². The standard InChI is InChI=1S/C16H22FNO5S/c1-3-4-5-14(16(20)21)18-15(19)11(2)10-24(22,23)13-8-6-12(17)7-9-13/h6-9,11,14H,3-5,10H2,1-2H3,(H,18,19)(H,20,21)/t11?,14-/m0/s1. The summed E-state index contributed by atoms with van der Waals surface area (Å²) < 4.78 is 37.3. The van der Waals surface area contributed by atoms with Gasteiger partial charge in [0.1, 0.15) is 11.9 Å². The van der Waals surface area contributed by atoms with Gasteiger partial charge in [0.15, 0.2) is 9.84 Å². The molecule has 1 rings (SSSR count). The Morgan fingerprint density at radius 2 is 1.83 bits per heavy atom. The minimum atomic E-state index is -3.77. The van der Waals surface area contributed by atoms with Crippen LogP contribution in [0.5, 0.6) is 0 Å². The van der Waals surface area contributed by atoms with E-state index in [1.54, 1.807) is 0 Å². The van der Waals surface area contributed by atoms with Crippen molar-refractivity contribution in [1.82, 2.24) is 5.32 Å². The second kappa shape index (κ2) is 8.77. The van der Waals surface area contributed by atoms with Gasteiger partial charge in [-0.2, -0.15) is 0 Å². The van der Waals surface area contributed by atoms with Gasteiger partial charge in [-0.05, 0) is 30.7 Å². The Hall–Kier alpha value is -1.96. The molecule has 0 aliphatic heterocycles. The fraction of sp³-hybridized carbons (Fsp3) is 0.500. The predicted molar refractivity (Wildman–Crippen MR) is 86.7 cm³/mol. The fourth-order valence-corrected chi connectivity index (χ4v) is 3.68. The van der Waals surface area contributed by atoms with Gasteiger partial charge in [0.05, 0.1) is 10.6 Å². The fourth-order valence-electron chi connectivity index (χ4n) is 2.12. The maximum atomic E-state index is 12.9. The van der Waals surface area contributed by atoms with E-state index in [0.29, 0.717) is 6.42 Å². The Bertz CT molecular complexity index is 672. The topological polar surface area (TPSA) is 101 Å². The van der Waals surface area contributed by atoms with Gasteiger partial charge in [0, 0.05) is 5.92 Å². The summed E-state index contributed by atoms with van der Waals surface area (Å²) in [4.78, 5) is 23.1. The summed E-state index contributed by atoms with van der Waals surface area (Å²) in [5, 5.41) is 11.5. The molecule has 2 atom stereocenters. The molecule has 24 heavy (non-hydrogen) atoms. The number of unbranched alkanes of at least 4 members (excludes halogenated alkanes) is 1. The highest BCUT2D eigenvalue weighted by atomic mass is 32.2. The zero-order valence-electron chi connectivity index (χ0n) is 13.7. The first-order chi connectivity index (χ1) is 11.2. The van der Waals surface area contributed by atoms with E-state index in [1.165, 1.54) is 6.92 Å². The summed E-state index contributed by atoms with van der Waals surface area (Å²) in [7, 11) is -3.77. The van der Waals surface area contributed by atoms with Crippen LogP contribution in [0.2, 0.25) is 0 Å². The Balaban J connectivity index is 2.74. The van der Waals surface area contributed by atoms with Crippen molar-refractivity contribution in [3.8, 4) is 0 Å². The summed E-state index contributed by atoms with van der Waals surface area (Å²) >= 11 is 0. The van der Waals surface area contributed by atoms with Gasteiger partial charge >= 0.3 is 5.97 Å². The summed E-state index contributed by atoms with van der Waals surface area (Å²) in [6.45, 7) is 3.31. The summed E-state index contributed by atoms with van der Waals surface area (Å²) in [6.07, 6.45) is 1.71. The van der Waals surface area contributed by atoms with E-state index in [0.717, 1.165) is 30.7 Å². The Morgan fingerprint density at radius 3 is 2.33 bits per heavy atom. The molecule has 0 aromatic heterocycles. The minimum Gasteiger partial charge on any atom is -0.480 e. The Kier molecular flexibility index (Phi) is 7.34. The van der Waals surface area contributed by atoms with Crippen LogP contribution in [-0.4, -0.2) is 37.2 Å². The SMILES string of the molecule is CCCC[C@H](NC(=O)C(C)CS(=O)(=O)c1ccc(F)cc1)C(=O)O. The van der Waals surface area contributed by atoms with E-state index < -0.39 is 45.2 Å². The van der Waals surface area contributed by atoms with Gasteiger partial charge in [-0.15, -0.1) is 0 Å². The molecule has 0 aliphatic rings. The summed E-state index contributed by atoms with van der Waals surface area (Å²) in [5.41, 5.74) is 0. The number of nitrogens with one attached hydrogen (secondary N) is 1. The molecule has 0 saturated carbocycles. The molecule has 0 aliphatic carbocycles. The number of carbonyl (C=O) groups is 2. The van der Waals surface area contributed by atoms with Gasteiger partial charge in [0.2, 0.25) is 5.91 Å². The zero-order chi connectivity index (χ0) is 18.3. The molecule has 0 spiro atoms.